The molecule has 0 fully saturated rings. The molecule has 1 atom stereocenters. The van der Waals surface area contributed by atoms with Crippen LogP contribution >= 0.6 is 0 Å². The predicted molar refractivity (Wildman–Crippen MR) is 96.2 cm³/mol. The van der Waals surface area contributed by atoms with E-state index < -0.39 is 0 Å². The van der Waals surface area contributed by atoms with Crippen LogP contribution in [0.5, 0.6) is 0 Å². The first kappa shape index (κ1) is 19.2. The number of aliphatic hydroxyl groups excluding tert-OH is 1. The van der Waals surface area contributed by atoms with Crippen molar-refractivity contribution in [3.8, 4) is 0 Å². The van der Waals surface area contributed by atoms with Crippen LogP contribution in [-0.4, -0.2) is 18.7 Å². The average Bonchev–Trinajstić information content (AvgIpc) is 2.51. The molecule has 0 aliphatic carbocycles. The molecule has 1 rings (SSSR count). The number of benzene rings is 1. The maximum Gasteiger partial charge on any atom is 0.0802 e. The maximum atomic E-state index is 10.2. The monoisotopic (exact) mass is 305 g/mol. The Morgan fingerprint density at radius 3 is 2.41 bits per heavy atom. The Balaban J connectivity index is 2.65. The van der Waals surface area contributed by atoms with E-state index in [-0.39, 0.29) is 6.10 Å². The Morgan fingerprint density at radius 1 is 1.14 bits per heavy atom. The van der Waals surface area contributed by atoms with Crippen LogP contribution < -0.4 is 5.32 Å². The molecule has 2 nitrogen and oxygen atoms in total. The van der Waals surface area contributed by atoms with Gasteiger partial charge in [0, 0.05) is 0 Å². The first-order valence-electron chi connectivity index (χ1n) is 8.96. The lowest BCUT2D eigenvalue weighted by molar-refractivity contribution is 0.167. The predicted octanol–water partition coefficient (Wildman–Crippen LogP) is 4.87. The van der Waals surface area contributed by atoms with Gasteiger partial charge in [-0.15, -0.1) is 0 Å². The van der Waals surface area contributed by atoms with Crippen LogP contribution in [0.25, 0.3) is 0 Å². The molecule has 1 aromatic carbocycles. The Hall–Kier alpha value is -0.860. The Kier molecular flexibility index (Phi) is 8.74. The third-order valence-corrected chi connectivity index (χ3v) is 4.73. The summed E-state index contributed by atoms with van der Waals surface area (Å²) in [6.07, 6.45) is 7.91. The number of aliphatic hydroxyl groups is 1. The van der Waals surface area contributed by atoms with Crippen LogP contribution in [-0.2, 0) is 6.42 Å². The van der Waals surface area contributed by atoms with Gasteiger partial charge in [-0.05, 0) is 62.2 Å². The quantitative estimate of drug-likeness (QED) is 0.611. The maximum absolute atomic E-state index is 10.2. The lowest BCUT2D eigenvalue weighted by Gasteiger charge is -2.29. The average molecular weight is 306 g/mol. The van der Waals surface area contributed by atoms with Gasteiger partial charge >= 0.3 is 0 Å². The minimum Gasteiger partial charge on any atom is -0.388 e. The summed E-state index contributed by atoms with van der Waals surface area (Å²) in [6.45, 7) is 7.85. The van der Waals surface area contributed by atoms with E-state index in [0.717, 1.165) is 24.9 Å². The molecule has 2 N–H and O–H groups in total. The standard InChI is InChI=1S/C20H35NO/c1-5-12-20(3,13-6-2)14-10-17-8-7-9-18(16-17)19(22)11-15-21-4/h7-9,16,19,21-22H,5-6,10-15H2,1-4H3. The second-order valence-electron chi connectivity index (χ2n) is 6.96. The molecule has 22 heavy (non-hydrogen) atoms. The van der Waals surface area contributed by atoms with Gasteiger partial charge in [0.05, 0.1) is 6.10 Å². The highest BCUT2D eigenvalue weighted by atomic mass is 16.3. The summed E-state index contributed by atoms with van der Waals surface area (Å²) in [4.78, 5) is 0. The molecule has 0 spiro atoms. The van der Waals surface area contributed by atoms with Gasteiger partial charge < -0.3 is 10.4 Å². The molecule has 0 aromatic heterocycles. The fourth-order valence-electron chi connectivity index (χ4n) is 3.43. The number of hydrogen-bond donors (Lipinski definition) is 2. The van der Waals surface area contributed by atoms with E-state index >= 15 is 0 Å². The van der Waals surface area contributed by atoms with E-state index in [1.54, 1.807) is 0 Å². The van der Waals surface area contributed by atoms with Gasteiger partial charge in [0.25, 0.3) is 0 Å². The third kappa shape index (κ3) is 6.50. The minimum absolute atomic E-state index is 0.356. The van der Waals surface area contributed by atoms with Gasteiger partial charge in [-0.25, -0.2) is 0 Å². The molecule has 1 unspecified atom stereocenters. The second kappa shape index (κ2) is 10.0. The van der Waals surface area contributed by atoms with Crippen molar-refractivity contribution in [3.63, 3.8) is 0 Å². The molecule has 0 aliphatic heterocycles. The summed E-state index contributed by atoms with van der Waals surface area (Å²) in [6, 6.07) is 8.52. The van der Waals surface area contributed by atoms with Gasteiger partial charge in [0.1, 0.15) is 0 Å². The Labute approximate surface area is 137 Å². The lowest BCUT2D eigenvalue weighted by Crippen LogP contribution is -2.17. The van der Waals surface area contributed by atoms with Crippen molar-refractivity contribution in [1.82, 2.24) is 5.32 Å². The summed E-state index contributed by atoms with van der Waals surface area (Å²) in [5.74, 6) is 0. The normalized spacial score (nSPS) is 13.3. The molecular weight excluding hydrogens is 270 g/mol. The van der Waals surface area contributed by atoms with Crippen LogP contribution in [0.1, 0.15) is 76.5 Å². The molecule has 2 heteroatoms. The topological polar surface area (TPSA) is 32.3 Å². The van der Waals surface area contributed by atoms with E-state index in [4.69, 9.17) is 0 Å². The van der Waals surface area contributed by atoms with E-state index in [2.05, 4.69) is 44.3 Å². The molecule has 0 amide bonds. The first-order valence-corrected chi connectivity index (χ1v) is 8.96. The molecule has 126 valence electrons. The summed E-state index contributed by atoms with van der Waals surface area (Å²) < 4.78 is 0. The van der Waals surface area contributed by atoms with E-state index in [1.165, 1.54) is 37.7 Å². The Bertz CT molecular complexity index is 410. The van der Waals surface area contributed by atoms with Crippen LogP contribution in [0.15, 0.2) is 24.3 Å². The fraction of sp³-hybridized carbons (Fsp3) is 0.700. The minimum atomic E-state index is -0.356. The highest BCUT2D eigenvalue weighted by Gasteiger charge is 2.22. The Morgan fingerprint density at radius 2 is 1.82 bits per heavy atom. The highest BCUT2D eigenvalue weighted by molar-refractivity contribution is 5.25. The zero-order valence-electron chi connectivity index (χ0n) is 15.0. The zero-order chi connectivity index (χ0) is 16.4. The van der Waals surface area contributed by atoms with Gasteiger partial charge in [-0.1, -0.05) is 57.9 Å². The molecule has 0 radical (unpaired) electrons. The van der Waals surface area contributed by atoms with Crippen LogP contribution in [0, 0.1) is 5.41 Å². The zero-order valence-corrected chi connectivity index (χ0v) is 15.0. The van der Waals surface area contributed by atoms with Crippen molar-refractivity contribution in [3.05, 3.63) is 35.4 Å². The van der Waals surface area contributed by atoms with E-state index in [0.29, 0.717) is 5.41 Å². The van der Waals surface area contributed by atoms with Gasteiger partial charge in [0.15, 0.2) is 0 Å². The summed E-state index contributed by atoms with van der Waals surface area (Å²) >= 11 is 0. The molecule has 0 saturated heterocycles. The lowest BCUT2D eigenvalue weighted by atomic mass is 9.76. The van der Waals surface area contributed by atoms with Gasteiger partial charge in [0.2, 0.25) is 0 Å². The SMILES string of the molecule is CCCC(C)(CCC)CCc1cccc(C(O)CCNC)c1. The number of nitrogens with one attached hydrogen (secondary N) is 1. The number of aryl methyl sites for hydroxylation is 1. The first-order chi connectivity index (χ1) is 10.5. The smallest absolute Gasteiger partial charge is 0.0802 e. The van der Waals surface area contributed by atoms with Crippen LogP contribution in [0.3, 0.4) is 0 Å². The second-order valence-corrected chi connectivity index (χ2v) is 6.96. The van der Waals surface area contributed by atoms with Crippen LogP contribution in [0.2, 0.25) is 0 Å². The van der Waals surface area contributed by atoms with Crippen molar-refractivity contribution >= 4 is 0 Å². The molecule has 1 aromatic rings. The van der Waals surface area contributed by atoms with Crippen molar-refractivity contribution in [2.45, 2.75) is 71.8 Å². The largest absolute Gasteiger partial charge is 0.388 e. The molecule has 0 saturated carbocycles. The molecule has 0 bridgehead atoms. The summed E-state index contributed by atoms with van der Waals surface area (Å²) in [7, 11) is 1.92. The van der Waals surface area contributed by atoms with Crippen LogP contribution in [0.4, 0.5) is 0 Å². The third-order valence-electron chi connectivity index (χ3n) is 4.73. The van der Waals surface area contributed by atoms with Crippen molar-refractivity contribution in [1.29, 1.82) is 0 Å². The van der Waals surface area contributed by atoms with E-state index in [1.807, 2.05) is 13.1 Å². The number of hydrogen-bond acceptors (Lipinski definition) is 2. The van der Waals surface area contributed by atoms with Crippen molar-refractivity contribution < 1.29 is 5.11 Å². The van der Waals surface area contributed by atoms with Crippen molar-refractivity contribution in [2.75, 3.05) is 13.6 Å². The summed E-state index contributed by atoms with van der Waals surface area (Å²) in [5.41, 5.74) is 2.88. The van der Waals surface area contributed by atoms with Gasteiger partial charge in [-0.2, -0.15) is 0 Å². The van der Waals surface area contributed by atoms with E-state index in [9.17, 15) is 5.11 Å². The molecule has 0 heterocycles. The molecule has 0 aliphatic rings. The molecular formula is C20H35NO. The van der Waals surface area contributed by atoms with Gasteiger partial charge in [-0.3, -0.25) is 0 Å². The number of rotatable bonds is 11. The van der Waals surface area contributed by atoms with Crippen molar-refractivity contribution in [2.24, 2.45) is 5.41 Å². The fourth-order valence-corrected chi connectivity index (χ4v) is 3.43. The highest BCUT2D eigenvalue weighted by Crippen LogP contribution is 2.34. The summed E-state index contributed by atoms with van der Waals surface area (Å²) in [5, 5.41) is 13.3.